The molecule has 0 unspecified atom stereocenters. The van der Waals surface area contributed by atoms with E-state index in [0.717, 1.165) is 50.7 Å². The topological polar surface area (TPSA) is 32.3 Å². The van der Waals surface area contributed by atoms with Crippen molar-refractivity contribution in [3.8, 4) is 0 Å². The number of nitrogens with zero attached hydrogens (tertiary/aromatic N) is 4. The first kappa shape index (κ1) is 17.3. The zero-order valence-electron chi connectivity index (χ0n) is 14.6. The van der Waals surface area contributed by atoms with Gasteiger partial charge in [-0.05, 0) is 25.3 Å². The molecule has 2 aromatic rings. The Kier molecular flexibility index (Phi) is 6.85. The lowest BCUT2D eigenvalue weighted by atomic mass is 10.2. The summed E-state index contributed by atoms with van der Waals surface area (Å²) in [6, 6.07) is 12.7. The Hall–Kier alpha value is -2.10. The van der Waals surface area contributed by atoms with E-state index in [-0.39, 0.29) is 0 Å². The summed E-state index contributed by atoms with van der Waals surface area (Å²) >= 11 is 0. The Morgan fingerprint density at radius 1 is 0.826 bits per heavy atom. The molecule has 0 saturated carbocycles. The van der Waals surface area contributed by atoms with Crippen LogP contribution in [-0.4, -0.2) is 29.6 Å². The molecule has 0 saturated heterocycles. The van der Waals surface area contributed by atoms with Crippen LogP contribution in [0.25, 0.3) is 0 Å². The molecular weight excluding hydrogens is 284 g/mol. The van der Waals surface area contributed by atoms with Crippen LogP contribution in [0.1, 0.15) is 39.2 Å². The number of aromatic nitrogens is 2. The SMILES string of the molecule is CCCN(CCC)c1cc(N(CC)Cc2ccccc2)ncn1. The summed E-state index contributed by atoms with van der Waals surface area (Å²) in [5.41, 5.74) is 1.30. The molecule has 1 heterocycles. The van der Waals surface area contributed by atoms with Crippen LogP contribution in [0, 0.1) is 0 Å². The lowest BCUT2D eigenvalue weighted by molar-refractivity contribution is 0.729. The minimum absolute atomic E-state index is 0.870. The number of hydrogen-bond donors (Lipinski definition) is 0. The van der Waals surface area contributed by atoms with Gasteiger partial charge in [-0.25, -0.2) is 9.97 Å². The molecule has 0 radical (unpaired) electrons. The van der Waals surface area contributed by atoms with Crippen molar-refractivity contribution < 1.29 is 0 Å². The van der Waals surface area contributed by atoms with Gasteiger partial charge < -0.3 is 9.80 Å². The highest BCUT2D eigenvalue weighted by Crippen LogP contribution is 2.20. The summed E-state index contributed by atoms with van der Waals surface area (Å²) < 4.78 is 0. The van der Waals surface area contributed by atoms with E-state index < -0.39 is 0 Å². The van der Waals surface area contributed by atoms with Crippen molar-refractivity contribution >= 4 is 11.6 Å². The average Bonchev–Trinajstić information content (AvgIpc) is 2.60. The van der Waals surface area contributed by atoms with Crippen LogP contribution in [0.2, 0.25) is 0 Å². The normalized spacial score (nSPS) is 10.6. The molecule has 0 fully saturated rings. The van der Waals surface area contributed by atoms with Gasteiger partial charge in [0.15, 0.2) is 0 Å². The maximum absolute atomic E-state index is 4.50. The number of hydrogen-bond acceptors (Lipinski definition) is 4. The van der Waals surface area contributed by atoms with E-state index in [1.165, 1.54) is 5.56 Å². The zero-order chi connectivity index (χ0) is 16.5. The molecule has 4 heteroatoms. The lowest BCUT2D eigenvalue weighted by Gasteiger charge is -2.26. The van der Waals surface area contributed by atoms with E-state index in [0.29, 0.717) is 0 Å². The first-order chi connectivity index (χ1) is 11.3. The number of benzene rings is 1. The summed E-state index contributed by atoms with van der Waals surface area (Å²) in [5.74, 6) is 2.03. The third-order valence-electron chi connectivity index (χ3n) is 3.87. The van der Waals surface area contributed by atoms with Crippen LogP contribution in [-0.2, 0) is 6.54 Å². The second-order valence-electron chi connectivity index (χ2n) is 5.72. The highest BCUT2D eigenvalue weighted by molar-refractivity contribution is 5.50. The summed E-state index contributed by atoms with van der Waals surface area (Å²) in [4.78, 5) is 13.6. The van der Waals surface area contributed by atoms with Gasteiger partial charge >= 0.3 is 0 Å². The van der Waals surface area contributed by atoms with Crippen LogP contribution in [0.3, 0.4) is 0 Å². The van der Waals surface area contributed by atoms with E-state index in [1.807, 2.05) is 0 Å². The smallest absolute Gasteiger partial charge is 0.134 e. The fourth-order valence-corrected chi connectivity index (χ4v) is 2.72. The molecule has 0 amide bonds. The minimum Gasteiger partial charge on any atom is -0.356 e. The molecular formula is C19H28N4. The zero-order valence-corrected chi connectivity index (χ0v) is 14.6. The average molecular weight is 312 g/mol. The minimum atomic E-state index is 0.870. The molecule has 1 aromatic heterocycles. The largest absolute Gasteiger partial charge is 0.356 e. The van der Waals surface area contributed by atoms with Crippen LogP contribution in [0.5, 0.6) is 0 Å². The Morgan fingerprint density at radius 3 is 2.00 bits per heavy atom. The van der Waals surface area contributed by atoms with Crippen LogP contribution >= 0.6 is 0 Å². The van der Waals surface area contributed by atoms with Crippen molar-refractivity contribution in [3.05, 3.63) is 48.3 Å². The fourth-order valence-electron chi connectivity index (χ4n) is 2.72. The fraction of sp³-hybridized carbons (Fsp3) is 0.474. The van der Waals surface area contributed by atoms with E-state index in [4.69, 9.17) is 0 Å². The van der Waals surface area contributed by atoms with Crippen molar-refractivity contribution in [1.29, 1.82) is 0 Å². The van der Waals surface area contributed by atoms with Gasteiger partial charge in [0.1, 0.15) is 18.0 Å². The van der Waals surface area contributed by atoms with Gasteiger partial charge in [0.25, 0.3) is 0 Å². The van der Waals surface area contributed by atoms with Crippen LogP contribution in [0.4, 0.5) is 11.6 Å². The maximum atomic E-state index is 4.50. The molecule has 2 rings (SSSR count). The molecule has 4 nitrogen and oxygen atoms in total. The molecule has 23 heavy (non-hydrogen) atoms. The van der Waals surface area contributed by atoms with Gasteiger partial charge in [0, 0.05) is 32.2 Å². The lowest BCUT2D eigenvalue weighted by Crippen LogP contribution is -2.27. The maximum Gasteiger partial charge on any atom is 0.134 e. The van der Waals surface area contributed by atoms with Crippen molar-refractivity contribution in [3.63, 3.8) is 0 Å². The Morgan fingerprint density at radius 2 is 1.43 bits per heavy atom. The molecule has 0 aliphatic heterocycles. The summed E-state index contributed by atoms with van der Waals surface area (Å²) in [7, 11) is 0. The first-order valence-electron chi connectivity index (χ1n) is 8.64. The van der Waals surface area contributed by atoms with Gasteiger partial charge in [-0.2, -0.15) is 0 Å². The first-order valence-corrected chi connectivity index (χ1v) is 8.64. The molecule has 0 bridgehead atoms. The quantitative estimate of drug-likeness (QED) is 0.697. The predicted octanol–water partition coefficient (Wildman–Crippen LogP) is 4.13. The van der Waals surface area contributed by atoms with Crippen molar-refractivity contribution in [1.82, 2.24) is 9.97 Å². The predicted molar refractivity (Wildman–Crippen MR) is 98.0 cm³/mol. The third kappa shape index (κ3) is 4.95. The van der Waals surface area contributed by atoms with Crippen molar-refractivity contribution in [2.75, 3.05) is 29.4 Å². The van der Waals surface area contributed by atoms with Crippen molar-refractivity contribution in [2.45, 2.75) is 40.2 Å². The highest BCUT2D eigenvalue weighted by atomic mass is 15.2. The van der Waals surface area contributed by atoms with Gasteiger partial charge in [0.05, 0.1) is 0 Å². The van der Waals surface area contributed by atoms with E-state index in [9.17, 15) is 0 Å². The van der Waals surface area contributed by atoms with Crippen LogP contribution in [0.15, 0.2) is 42.7 Å². The Bertz CT molecular complexity index is 565. The van der Waals surface area contributed by atoms with Crippen LogP contribution < -0.4 is 9.80 Å². The Labute approximate surface area is 140 Å². The van der Waals surface area contributed by atoms with Gasteiger partial charge in [-0.1, -0.05) is 44.2 Å². The highest BCUT2D eigenvalue weighted by Gasteiger charge is 2.11. The van der Waals surface area contributed by atoms with E-state index in [1.54, 1.807) is 6.33 Å². The monoisotopic (exact) mass is 312 g/mol. The van der Waals surface area contributed by atoms with E-state index in [2.05, 4.69) is 76.9 Å². The molecule has 0 atom stereocenters. The van der Waals surface area contributed by atoms with Gasteiger partial charge in [0.2, 0.25) is 0 Å². The molecule has 0 spiro atoms. The second-order valence-corrected chi connectivity index (χ2v) is 5.72. The van der Waals surface area contributed by atoms with E-state index >= 15 is 0 Å². The summed E-state index contributed by atoms with van der Waals surface area (Å²) in [5, 5.41) is 0. The van der Waals surface area contributed by atoms with Crippen molar-refractivity contribution in [2.24, 2.45) is 0 Å². The molecule has 1 aromatic carbocycles. The Balaban J connectivity index is 2.18. The molecule has 124 valence electrons. The number of rotatable bonds is 9. The second kappa shape index (κ2) is 9.13. The van der Waals surface area contributed by atoms with Gasteiger partial charge in [-0.15, -0.1) is 0 Å². The number of anilines is 2. The molecule has 0 aliphatic carbocycles. The standard InChI is InChI=1S/C19H28N4/c1-4-12-23(13-5-2)19-14-18(20-16-21-19)22(6-3)15-17-10-8-7-9-11-17/h7-11,14,16H,4-6,12-13,15H2,1-3H3. The summed E-state index contributed by atoms with van der Waals surface area (Å²) in [6.07, 6.45) is 3.94. The van der Waals surface area contributed by atoms with Gasteiger partial charge in [-0.3, -0.25) is 0 Å². The molecule has 0 aliphatic rings. The summed E-state index contributed by atoms with van der Waals surface area (Å²) in [6.45, 7) is 10.4. The molecule has 0 N–H and O–H groups in total. The third-order valence-corrected chi connectivity index (χ3v) is 3.87.